The van der Waals surface area contributed by atoms with E-state index in [4.69, 9.17) is 4.74 Å². The van der Waals surface area contributed by atoms with Crippen molar-refractivity contribution in [1.29, 1.82) is 0 Å². The molecule has 0 aliphatic carbocycles. The number of nitrogens with one attached hydrogen (secondary N) is 1. The lowest BCUT2D eigenvalue weighted by Crippen LogP contribution is -2.34. The van der Waals surface area contributed by atoms with E-state index in [0.29, 0.717) is 13.2 Å². The van der Waals surface area contributed by atoms with Crippen LogP contribution in [0.5, 0.6) is 5.75 Å². The van der Waals surface area contributed by atoms with Gasteiger partial charge in [-0.25, -0.2) is 0 Å². The van der Waals surface area contributed by atoms with Crippen molar-refractivity contribution < 1.29 is 9.53 Å². The highest BCUT2D eigenvalue weighted by atomic mass is 35.5. The molecule has 2 aromatic carbocycles. The quantitative estimate of drug-likeness (QED) is 0.616. The minimum absolute atomic E-state index is 0. The van der Waals surface area contributed by atoms with Crippen LogP contribution < -0.4 is 10.1 Å². The molecule has 0 atom stereocenters. The molecule has 1 amide bonds. The van der Waals surface area contributed by atoms with E-state index in [2.05, 4.69) is 24.1 Å². The van der Waals surface area contributed by atoms with E-state index in [9.17, 15) is 4.79 Å². The summed E-state index contributed by atoms with van der Waals surface area (Å²) < 4.78 is 5.84. The Balaban J connectivity index is 0.00000364. The van der Waals surface area contributed by atoms with Crippen molar-refractivity contribution in [3.8, 4) is 5.75 Å². The molecule has 4 nitrogen and oxygen atoms in total. The third-order valence-corrected chi connectivity index (χ3v) is 4.17. The number of carbonyl (C=O) groups is 1. The molecule has 2 aromatic rings. The number of anilines is 1. The fourth-order valence-electron chi connectivity index (χ4n) is 2.90. The van der Waals surface area contributed by atoms with Gasteiger partial charge in [-0.05, 0) is 62.2 Å². The van der Waals surface area contributed by atoms with Gasteiger partial charge in [-0.1, -0.05) is 44.2 Å². The number of rotatable bonds is 10. The average Bonchev–Trinajstić information content (AvgIpc) is 2.63. The molecule has 27 heavy (non-hydrogen) atoms. The van der Waals surface area contributed by atoms with Crippen LogP contribution in [0.1, 0.15) is 37.8 Å². The largest absolute Gasteiger partial charge is 0.489 e. The van der Waals surface area contributed by atoms with Gasteiger partial charge in [0.2, 0.25) is 5.91 Å². The number of hydrogen-bond acceptors (Lipinski definition) is 3. The second-order valence-corrected chi connectivity index (χ2v) is 6.58. The lowest BCUT2D eigenvalue weighted by Gasteiger charge is -2.20. The second kappa shape index (κ2) is 12.4. The molecule has 1 N–H and O–H groups in total. The third-order valence-electron chi connectivity index (χ3n) is 4.17. The number of ether oxygens (including phenoxy) is 1. The van der Waals surface area contributed by atoms with Crippen molar-refractivity contribution in [1.82, 2.24) is 4.90 Å². The first-order valence-corrected chi connectivity index (χ1v) is 9.42. The Hall–Kier alpha value is -2.04. The highest BCUT2D eigenvalue weighted by Gasteiger charge is 2.11. The van der Waals surface area contributed by atoms with Gasteiger partial charge in [0.05, 0.1) is 6.54 Å². The van der Waals surface area contributed by atoms with Gasteiger partial charge in [0.1, 0.15) is 12.4 Å². The number of halogens is 1. The maximum Gasteiger partial charge on any atom is 0.238 e. The second-order valence-electron chi connectivity index (χ2n) is 6.58. The normalized spacial score (nSPS) is 10.4. The standard InChI is InChI=1S/C22H30N2O2.ClH/c1-4-13-24(14-5-2)16-22(25)23-21-12-11-20(15-18(21)3)26-17-19-9-7-6-8-10-19;/h6-12,15H,4-5,13-14,16-17H2,1-3H3,(H,23,25);1H. The predicted molar refractivity (Wildman–Crippen MR) is 115 cm³/mol. The van der Waals surface area contributed by atoms with Gasteiger partial charge in [-0.15, -0.1) is 12.4 Å². The number of hydrogen-bond donors (Lipinski definition) is 1. The van der Waals surface area contributed by atoms with Gasteiger partial charge >= 0.3 is 0 Å². The topological polar surface area (TPSA) is 41.6 Å². The van der Waals surface area contributed by atoms with Gasteiger partial charge in [-0.2, -0.15) is 0 Å². The zero-order chi connectivity index (χ0) is 18.8. The summed E-state index contributed by atoms with van der Waals surface area (Å²) in [4.78, 5) is 14.5. The van der Waals surface area contributed by atoms with Crippen LogP contribution in [-0.2, 0) is 11.4 Å². The fraction of sp³-hybridized carbons (Fsp3) is 0.409. The van der Waals surface area contributed by atoms with E-state index in [0.717, 1.165) is 48.5 Å². The molecule has 0 heterocycles. The van der Waals surface area contributed by atoms with Gasteiger partial charge in [-0.3, -0.25) is 9.69 Å². The highest BCUT2D eigenvalue weighted by molar-refractivity contribution is 5.93. The van der Waals surface area contributed by atoms with Gasteiger partial charge < -0.3 is 10.1 Å². The molecule has 0 aliphatic rings. The SMILES string of the molecule is CCCN(CCC)CC(=O)Nc1ccc(OCc2ccccc2)cc1C.Cl. The number of carbonyl (C=O) groups excluding carboxylic acids is 1. The molecule has 0 saturated carbocycles. The Kier molecular flexibility index (Phi) is 10.5. The number of nitrogens with zero attached hydrogens (tertiary/aromatic N) is 1. The third kappa shape index (κ3) is 8.02. The van der Waals surface area contributed by atoms with Crippen LogP contribution >= 0.6 is 12.4 Å². The average molecular weight is 391 g/mol. The first-order chi connectivity index (χ1) is 12.6. The fourth-order valence-corrected chi connectivity index (χ4v) is 2.90. The molecule has 0 saturated heterocycles. The van der Waals surface area contributed by atoms with Crippen LogP contribution in [0.4, 0.5) is 5.69 Å². The summed E-state index contributed by atoms with van der Waals surface area (Å²) in [6.45, 7) is 9.14. The first-order valence-electron chi connectivity index (χ1n) is 9.42. The summed E-state index contributed by atoms with van der Waals surface area (Å²) in [7, 11) is 0. The Morgan fingerprint density at radius 1 is 1.04 bits per heavy atom. The van der Waals surface area contributed by atoms with E-state index in [1.54, 1.807) is 0 Å². The summed E-state index contributed by atoms with van der Waals surface area (Å²) in [5.41, 5.74) is 2.98. The molecule has 0 fully saturated rings. The van der Waals surface area contributed by atoms with Crippen LogP contribution in [0, 0.1) is 6.92 Å². The zero-order valence-corrected chi connectivity index (χ0v) is 17.3. The maximum atomic E-state index is 12.3. The Morgan fingerprint density at radius 2 is 1.70 bits per heavy atom. The van der Waals surface area contributed by atoms with E-state index in [1.807, 2.05) is 55.5 Å². The summed E-state index contributed by atoms with van der Waals surface area (Å²) in [5, 5.41) is 3.02. The van der Waals surface area contributed by atoms with E-state index < -0.39 is 0 Å². The molecule has 0 bridgehead atoms. The Morgan fingerprint density at radius 3 is 2.30 bits per heavy atom. The molecular formula is C22H31ClN2O2. The van der Waals surface area contributed by atoms with Crippen LogP contribution in [-0.4, -0.2) is 30.4 Å². The van der Waals surface area contributed by atoms with E-state index >= 15 is 0 Å². The molecule has 2 rings (SSSR count). The minimum Gasteiger partial charge on any atom is -0.489 e. The molecule has 0 aromatic heterocycles. The number of aryl methyl sites for hydroxylation is 1. The summed E-state index contributed by atoms with van der Waals surface area (Å²) >= 11 is 0. The summed E-state index contributed by atoms with van der Waals surface area (Å²) in [6, 6.07) is 15.9. The van der Waals surface area contributed by atoms with Gasteiger partial charge in [0, 0.05) is 5.69 Å². The molecule has 0 unspecified atom stereocenters. The highest BCUT2D eigenvalue weighted by Crippen LogP contribution is 2.22. The molecule has 0 radical (unpaired) electrons. The van der Waals surface area contributed by atoms with E-state index in [-0.39, 0.29) is 18.3 Å². The van der Waals surface area contributed by atoms with E-state index in [1.165, 1.54) is 0 Å². The Bertz CT molecular complexity index is 686. The summed E-state index contributed by atoms with van der Waals surface area (Å²) in [6.07, 6.45) is 2.11. The van der Waals surface area contributed by atoms with Crippen molar-refractivity contribution in [2.45, 2.75) is 40.2 Å². The summed E-state index contributed by atoms with van der Waals surface area (Å²) in [5.74, 6) is 0.843. The lowest BCUT2D eigenvalue weighted by molar-refractivity contribution is -0.117. The van der Waals surface area contributed by atoms with Crippen molar-refractivity contribution >= 4 is 24.0 Å². The minimum atomic E-state index is 0. The molecule has 148 valence electrons. The maximum absolute atomic E-state index is 12.3. The molecule has 5 heteroatoms. The van der Waals surface area contributed by atoms with Crippen molar-refractivity contribution in [3.05, 3.63) is 59.7 Å². The number of amides is 1. The van der Waals surface area contributed by atoms with Crippen molar-refractivity contribution in [2.75, 3.05) is 25.0 Å². The van der Waals surface area contributed by atoms with Crippen LogP contribution in [0.2, 0.25) is 0 Å². The monoisotopic (exact) mass is 390 g/mol. The lowest BCUT2D eigenvalue weighted by atomic mass is 10.2. The Labute approximate surface area is 169 Å². The zero-order valence-electron chi connectivity index (χ0n) is 16.5. The molecule has 0 spiro atoms. The first kappa shape index (κ1) is 23.0. The predicted octanol–water partition coefficient (Wildman–Crippen LogP) is 5.06. The van der Waals surface area contributed by atoms with Crippen LogP contribution in [0.25, 0.3) is 0 Å². The van der Waals surface area contributed by atoms with Crippen molar-refractivity contribution in [2.24, 2.45) is 0 Å². The van der Waals surface area contributed by atoms with Gasteiger partial charge in [0.25, 0.3) is 0 Å². The van der Waals surface area contributed by atoms with Gasteiger partial charge in [0.15, 0.2) is 0 Å². The smallest absolute Gasteiger partial charge is 0.238 e. The van der Waals surface area contributed by atoms with Crippen molar-refractivity contribution in [3.63, 3.8) is 0 Å². The molecular weight excluding hydrogens is 360 g/mol. The van der Waals surface area contributed by atoms with Crippen LogP contribution in [0.3, 0.4) is 0 Å². The van der Waals surface area contributed by atoms with Crippen LogP contribution in [0.15, 0.2) is 48.5 Å². The molecule has 0 aliphatic heterocycles. The number of benzene rings is 2.